The minimum absolute atomic E-state index is 0.0194. The van der Waals surface area contributed by atoms with E-state index >= 15 is 0 Å². The number of fused-ring (bicyclic) bond motifs is 1. The van der Waals surface area contributed by atoms with Gasteiger partial charge in [-0.15, -0.1) is 0 Å². The third-order valence-electron chi connectivity index (χ3n) is 7.31. The molecule has 3 N–H and O–H groups in total. The minimum atomic E-state index is -1.42. The van der Waals surface area contributed by atoms with Crippen LogP contribution in [0.25, 0.3) is 0 Å². The van der Waals surface area contributed by atoms with Gasteiger partial charge >= 0.3 is 18.0 Å². The molecular weight excluding hydrogens is 590 g/mol. The number of ether oxygens (including phenoxy) is 3. The van der Waals surface area contributed by atoms with Crippen molar-refractivity contribution < 1.29 is 38.2 Å². The number of carbonyl (C=O) groups is 5. The van der Waals surface area contributed by atoms with Crippen molar-refractivity contribution in [3.63, 3.8) is 0 Å². The van der Waals surface area contributed by atoms with Gasteiger partial charge in [-0.2, -0.15) is 0 Å². The summed E-state index contributed by atoms with van der Waals surface area (Å²) in [6, 6.07) is 13.2. The second-order valence-electron chi connectivity index (χ2n) is 12.6. The Bertz CT molecular complexity index is 1360. The number of carbonyl (C=O) groups excluding carboxylic acids is 5. The summed E-state index contributed by atoms with van der Waals surface area (Å²) in [6.07, 6.45) is 0.978. The molecule has 0 bridgehead atoms. The summed E-state index contributed by atoms with van der Waals surface area (Å²) in [6.45, 7) is 12.1. The Balaban J connectivity index is 1.84. The lowest BCUT2D eigenvalue weighted by molar-refractivity contribution is -0.156. The van der Waals surface area contributed by atoms with Gasteiger partial charge < -0.3 is 30.2 Å². The molecule has 1 aliphatic carbocycles. The van der Waals surface area contributed by atoms with Crippen LogP contribution in [-0.4, -0.2) is 60.2 Å². The van der Waals surface area contributed by atoms with E-state index in [1.54, 1.807) is 58.9 Å². The van der Waals surface area contributed by atoms with Gasteiger partial charge in [0.25, 0.3) is 0 Å². The lowest BCUT2D eigenvalue weighted by Crippen LogP contribution is -2.59. The molecule has 0 radical (unpaired) electrons. The molecule has 0 aliphatic heterocycles. The minimum Gasteiger partial charge on any atom is -0.460 e. The van der Waals surface area contributed by atoms with Crippen LogP contribution in [0.15, 0.2) is 67.3 Å². The second kappa shape index (κ2) is 16.6. The molecule has 0 heterocycles. The van der Waals surface area contributed by atoms with Crippen molar-refractivity contribution in [2.45, 2.75) is 84.2 Å². The molecule has 0 saturated carbocycles. The first kappa shape index (κ1) is 35.8. The third-order valence-corrected chi connectivity index (χ3v) is 7.31. The molecule has 2 aromatic rings. The average Bonchev–Trinajstić information content (AvgIpc) is 3.43. The lowest BCUT2D eigenvalue weighted by Gasteiger charge is -2.29. The van der Waals surface area contributed by atoms with Crippen molar-refractivity contribution in [2.24, 2.45) is 11.8 Å². The molecule has 11 nitrogen and oxygen atoms in total. The molecule has 46 heavy (non-hydrogen) atoms. The first-order valence-corrected chi connectivity index (χ1v) is 15.4. The highest BCUT2D eigenvalue weighted by atomic mass is 16.6. The highest BCUT2D eigenvalue weighted by molar-refractivity contribution is 5.95. The molecule has 1 unspecified atom stereocenters. The van der Waals surface area contributed by atoms with Crippen molar-refractivity contribution in [1.82, 2.24) is 16.0 Å². The smallest absolute Gasteiger partial charge is 0.408 e. The average molecular weight is 636 g/mol. The fourth-order valence-corrected chi connectivity index (χ4v) is 5.12. The molecule has 3 rings (SSSR count). The van der Waals surface area contributed by atoms with Gasteiger partial charge in [-0.25, -0.2) is 9.59 Å². The van der Waals surface area contributed by atoms with Gasteiger partial charge in [0.15, 0.2) is 0 Å². The standard InChI is InChI=1S/C35H45N3O8/c1-7-17-44-33(42)29(22(2)3)37-32(41)30(26-18-24-15-11-12-16-25(24)19-26)38-31(40)27(20-28(39)46-35(4,5)6)36-34(43)45-21-23-13-9-8-10-14-23/h7-16,22,26-27,29-30H,1,17-21H2,2-6H3,(H,36,43)(H,37,41)(H,38,40)/t27-,29-,30?/m0/s1. The Labute approximate surface area is 270 Å². The van der Waals surface area contributed by atoms with Crippen LogP contribution in [0.3, 0.4) is 0 Å². The molecule has 3 amide bonds. The van der Waals surface area contributed by atoms with Crippen LogP contribution in [0, 0.1) is 11.8 Å². The van der Waals surface area contributed by atoms with E-state index in [1.165, 1.54) is 6.08 Å². The molecule has 2 aromatic carbocycles. The maximum atomic E-state index is 13.9. The van der Waals surface area contributed by atoms with Crippen molar-refractivity contribution in [3.05, 3.63) is 83.9 Å². The van der Waals surface area contributed by atoms with Gasteiger partial charge in [-0.1, -0.05) is 81.1 Å². The highest BCUT2D eigenvalue weighted by Gasteiger charge is 2.39. The topological polar surface area (TPSA) is 149 Å². The predicted octanol–water partition coefficient (Wildman–Crippen LogP) is 3.78. The van der Waals surface area contributed by atoms with Crippen LogP contribution < -0.4 is 16.0 Å². The summed E-state index contributed by atoms with van der Waals surface area (Å²) in [7, 11) is 0. The third kappa shape index (κ3) is 11.0. The van der Waals surface area contributed by atoms with Crippen molar-refractivity contribution >= 4 is 29.8 Å². The lowest BCUT2D eigenvalue weighted by atomic mass is 9.94. The zero-order chi connectivity index (χ0) is 33.9. The van der Waals surface area contributed by atoms with Gasteiger partial charge in [0, 0.05) is 0 Å². The van der Waals surface area contributed by atoms with Crippen molar-refractivity contribution in [2.75, 3.05) is 6.61 Å². The molecule has 11 heteroatoms. The van der Waals surface area contributed by atoms with Gasteiger partial charge in [0.1, 0.15) is 36.9 Å². The van der Waals surface area contributed by atoms with Crippen LogP contribution in [0.1, 0.15) is 57.7 Å². The summed E-state index contributed by atoms with van der Waals surface area (Å²) >= 11 is 0. The summed E-state index contributed by atoms with van der Waals surface area (Å²) in [5, 5.41) is 8.00. The zero-order valence-corrected chi connectivity index (χ0v) is 27.2. The zero-order valence-electron chi connectivity index (χ0n) is 27.2. The van der Waals surface area contributed by atoms with Crippen LogP contribution in [0.2, 0.25) is 0 Å². The second-order valence-corrected chi connectivity index (χ2v) is 12.6. The van der Waals surface area contributed by atoms with Gasteiger partial charge in [0.2, 0.25) is 11.8 Å². The number of rotatable bonds is 14. The molecule has 0 saturated heterocycles. The van der Waals surface area contributed by atoms with Crippen LogP contribution in [0.5, 0.6) is 0 Å². The Hall–Kier alpha value is -4.67. The monoisotopic (exact) mass is 635 g/mol. The van der Waals surface area contributed by atoms with Crippen LogP contribution in [-0.2, 0) is 52.8 Å². The Morgan fingerprint density at radius 3 is 2.04 bits per heavy atom. The van der Waals surface area contributed by atoms with Gasteiger partial charge in [-0.3, -0.25) is 14.4 Å². The molecule has 1 aliphatic rings. The summed E-state index contributed by atoms with van der Waals surface area (Å²) < 4.78 is 15.9. The number of hydrogen-bond acceptors (Lipinski definition) is 8. The fraction of sp³-hybridized carbons (Fsp3) is 0.457. The summed E-state index contributed by atoms with van der Waals surface area (Å²) in [4.78, 5) is 66.1. The van der Waals surface area contributed by atoms with E-state index in [1.807, 2.05) is 30.3 Å². The Kier molecular flexibility index (Phi) is 12.9. The largest absolute Gasteiger partial charge is 0.460 e. The molecule has 0 spiro atoms. The Morgan fingerprint density at radius 1 is 0.870 bits per heavy atom. The summed E-state index contributed by atoms with van der Waals surface area (Å²) in [5.41, 5.74) is 1.97. The summed E-state index contributed by atoms with van der Waals surface area (Å²) in [5.74, 6) is -3.43. The van der Waals surface area contributed by atoms with Gasteiger partial charge in [0.05, 0.1) is 6.42 Å². The normalized spacial score (nSPS) is 14.7. The highest BCUT2D eigenvalue weighted by Crippen LogP contribution is 2.29. The molecule has 248 valence electrons. The molecular formula is C35H45N3O8. The first-order valence-electron chi connectivity index (χ1n) is 15.4. The van der Waals surface area contributed by atoms with Crippen LogP contribution in [0.4, 0.5) is 4.79 Å². The number of hydrogen-bond donors (Lipinski definition) is 3. The van der Waals surface area contributed by atoms with Crippen molar-refractivity contribution in [3.8, 4) is 0 Å². The van der Waals surface area contributed by atoms with Crippen LogP contribution >= 0.6 is 0 Å². The molecule has 3 atom stereocenters. The van der Waals surface area contributed by atoms with E-state index in [0.717, 1.165) is 16.7 Å². The fourth-order valence-electron chi connectivity index (χ4n) is 5.12. The number of benzene rings is 2. The SMILES string of the molecule is C=CCOC(=O)[C@@H](NC(=O)C(NC(=O)[C@H](CC(=O)OC(C)(C)C)NC(=O)OCc1ccccc1)C1Cc2ccccc2C1)C(C)C. The number of nitrogens with one attached hydrogen (secondary N) is 3. The van der Waals surface area contributed by atoms with E-state index in [0.29, 0.717) is 12.8 Å². The van der Waals surface area contributed by atoms with E-state index in [-0.39, 0.29) is 25.0 Å². The number of alkyl carbamates (subject to hydrolysis) is 1. The van der Waals surface area contributed by atoms with E-state index < -0.39 is 60.0 Å². The molecule has 0 fully saturated rings. The first-order chi connectivity index (χ1) is 21.8. The number of amides is 3. The quantitative estimate of drug-likeness (QED) is 0.161. The van der Waals surface area contributed by atoms with E-state index in [2.05, 4.69) is 22.5 Å². The van der Waals surface area contributed by atoms with E-state index in [4.69, 9.17) is 14.2 Å². The molecule has 0 aromatic heterocycles. The van der Waals surface area contributed by atoms with Gasteiger partial charge in [-0.05, 0) is 62.1 Å². The predicted molar refractivity (Wildman–Crippen MR) is 171 cm³/mol. The maximum Gasteiger partial charge on any atom is 0.408 e. The maximum absolute atomic E-state index is 13.9. The van der Waals surface area contributed by atoms with Crippen molar-refractivity contribution in [1.29, 1.82) is 0 Å². The Morgan fingerprint density at radius 2 is 1.48 bits per heavy atom. The number of esters is 2. The van der Waals surface area contributed by atoms with E-state index in [9.17, 15) is 24.0 Å².